The van der Waals surface area contributed by atoms with Gasteiger partial charge in [0, 0.05) is 11.6 Å². The summed E-state index contributed by atoms with van der Waals surface area (Å²) in [6.07, 6.45) is 0.696. The van der Waals surface area contributed by atoms with E-state index in [0.29, 0.717) is 29.8 Å². The van der Waals surface area contributed by atoms with Crippen molar-refractivity contribution < 1.29 is 33.3 Å². The molecule has 0 spiro atoms. The third-order valence-electron chi connectivity index (χ3n) is 6.72. The van der Waals surface area contributed by atoms with Crippen molar-refractivity contribution in [2.24, 2.45) is 0 Å². The van der Waals surface area contributed by atoms with Gasteiger partial charge in [0.05, 0.1) is 37.2 Å². The van der Waals surface area contributed by atoms with Crippen LogP contribution >= 0.6 is 0 Å². The van der Waals surface area contributed by atoms with Crippen molar-refractivity contribution in [1.29, 1.82) is 0 Å². The van der Waals surface area contributed by atoms with E-state index in [0.717, 1.165) is 12.3 Å². The van der Waals surface area contributed by atoms with Crippen molar-refractivity contribution in [3.8, 4) is 29.1 Å². The summed E-state index contributed by atoms with van der Waals surface area (Å²) in [5, 5.41) is 21.5. The molecule has 192 valence electrons. The summed E-state index contributed by atoms with van der Waals surface area (Å²) in [5.41, 5.74) is -0.0163. The Labute approximate surface area is 211 Å². The zero-order chi connectivity index (χ0) is 26.6. The van der Waals surface area contributed by atoms with E-state index in [4.69, 9.17) is 9.47 Å². The number of carbonyl (C=O) groups excluding carboxylic acids is 1. The minimum absolute atomic E-state index is 0.00739. The van der Waals surface area contributed by atoms with E-state index >= 15 is 4.39 Å². The summed E-state index contributed by atoms with van der Waals surface area (Å²) in [7, 11) is 2.53. The van der Waals surface area contributed by atoms with Crippen LogP contribution in [-0.2, 0) is 4.74 Å². The molecule has 6 rings (SSSR count). The van der Waals surface area contributed by atoms with Crippen molar-refractivity contribution in [3.05, 3.63) is 64.1 Å². The molecule has 0 saturated heterocycles. The Hall–Kier alpha value is -3.81. The minimum atomic E-state index is -1.52. The first-order valence-electron chi connectivity index (χ1n) is 11.7. The second-order valence-corrected chi connectivity index (χ2v) is 9.74. The Balaban J connectivity index is 1.76. The van der Waals surface area contributed by atoms with Gasteiger partial charge in [-0.05, 0) is 56.4 Å². The molecule has 2 aromatic heterocycles. The number of aliphatic hydroxyl groups is 2. The number of imidazole rings is 1. The number of rotatable bonds is 4. The Bertz CT molecular complexity index is 1480. The summed E-state index contributed by atoms with van der Waals surface area (Å²) >= 11 is 0. The van der Waals surface area contributed by atoms with Gasteiger partial charge in [-0.15, -0.1) is 0 Å². The number of aromatic nitrogens is 3. The molecule has 1 saturated carbocycles. The van der Waals surface area contributed by atoms with Gasteiger partial charge >= 0.3 is 5.97 Å². The molecule has 3 aromatic rings. The van der Waals surface area contributed by atoms with Crippen molar-refractivity contribution in [1.82, 2.24) is 14.5 Å². The molecule has 0 amide bonds. The lowest BCUT2D eigenvalue weighted by molar-refractivity contribution is 0.0587. The number of ether oxygens (including phenoxy) is 2. The number of halogens is 2. The van der Waals surface area contributed by atoms with Crippen LogP contribution in [0.4, 0.5) is 8.78 Å². The maximum absolute atomic E-state index is 15.0. The van der Waals surface area contributed by atoms with Crippen LogP contribution in [0.2, 0.25) is 0 Å². The molecule has 8 nitrogen and oxygen atoms in total. The lowest BCUT2D eigenvalue weighted by atomic mass is 9.75. The number of esters is 1. The number of nitrogens with zero attached hydrogens (tertiary/aromatic N) is 3. The fourth-order valence-electron chi connectivity index (χ4n) is 4.96. The van der Waals surface area contributed by atoms with Gasteiger partial charge in [0.25, 0.3) is 0 Å². The lowest BCUT2D eigenvalue weighted by Gasteiger charge is -2.36. The molecule has 0 unspecified atom stereocenters. The number of hydrogen-bond donors (Lipinski definition) is 2. The molecule has 10 heteroatoms. The summed E-state index contributed by atoms with van der Waals surface area (Å²) in [4.78, 5) is 21.3. The second-order valence-electron chi connectivity index (χ2n) is 9.74. The number of hydrogen-bond acceptors (Lipinski definition) is 7. The van der Waals surface area contributed by atoms with Crippen LogP contribution in [0.1, 0.15) is 77.6 Å². The van der Waals surface area contributed by atoms with E-state index in [2.05, 4.69) is 21.8 Å². The monoisotopic (exact) mass is 509 g/mol. The topological polar surface area (TPSA) is 107 Å². The molecule has 3 aliphatic rings. The first-order chi connectivity index (χ1) is 17.5. The number of methoxy groups -OCH3 is 2. The number of aliphatic hydroxyl groups excluding tert-OH is 1. The molecule has 1 fully saturated rings. The summed E-state index contributed by atoms with van der Waals surface area (Å²) < 4.78 is 41.1. The Morgan fingerprint density at radius 2 is 1.97 bits per heavy atom. The maximum Gasteiger partial charge on any atom is 0.358 e. The smallest absolute Gasteiger partial charge is 0.358 e. The van der Waals surface area contributed by atoms with Crippen LogP contribution in [0.3, 0.4) is 0 Å². The maximum atomic E-state index is 15.0. The average molecular weight is 510 g/mol. The fourth-order valence-corrected chi connectivity index (χ4v) is 4.96. The van der Waals surface area contributed by atoms with Crippen LogP contribution in [0.15, 0.2) is 24.4 Å². The average Bonchev–Trinajstić information content (AvgIpc) is 3.10. The zero-order valence-electron chi connectivity index (χ0n) is 20.7. The van der Waals surface area contributed by atoms with E-state index in [1.54, 1.807) is 10.6 Å². The van der Waals surface area contributed by atoms with E-state index < -0.39 is 29.3 Å². The Morgan fingerprint density at radius 1 is 1.24 bits per heavy atom. The predicted octanol–water partition coefficient (Wildman–Crippen LogP) is 3.65. The minimum Gasteiger partial charge on any atom is -0.481 e. The molecule has 1 atom stereocenters. The van der Waals surface area contributed by atoms with E-state index in [9.17, 15) is 19.4 Å². The highest BCUT2D eigenvalue weighted by Gasteiger charge is 2.43. The third kappa shape index (κ3) is 4.24. The number of pyridine rings is 1. The first-order valence-corrected chi connectivity index (χ1v) is 11.7. The van der Waals surface area contributed by atoms with Crippen LogP contribution < -0.4 is 4.74 Å². The molecule has 2 aliphatic heterocycles. The molecular weight excluding hydrogens is 484 g/mol. The first kappa shape index (κ1) is 24.9. The Kier molecular flexibility index (Phi) is 6.01. The summed E-state index contributed by atoms with van der Waals surface area (Å²) in [6.45, 7) is 2.99. The van der Waals surface area contributed by atoms with Gasteiger partial charge < -0.3 is 24.3 Å². The van der Waals surface area contributed by atoms with Gasteiger partial charge in [0.2, 0.25) is 5.88 Å². The normalized spacial score (nSPS) is 18.4. The predicted molar refractivity (Wildman–Crippen MR) is 128 cm³/mol. The lowest BCUT2D eigenvalue weighted by Crippen LogP contribution is -2.26. The van der Waals surface area contributed by atoms with Crippen molar-refractivity contribution in [2.75, 3.05) is 14.2 Å². The van der Waals surface area contributed by atoms with Gasteiger partial charge in [0.15, 0.2) is 5.69 Å². The second kappa shape index (κ2) is 8.94. The molecular formula is C27H25F2N3O5. The van der Waals surface area contributed by atoms with Gasteiger partial charge in [-0.25, -0.2) is 23.5 Å². The third-order valence-corrected chi connectivity index (χ3v) is 6.72. The van der Waals surface area contributed by atoms with Crippen LogP contribution in [-0.4, -0.2) is 50.5 Å². The van der Waals surface area contributed by atoms with Gasteiger partial charge in [-0.2, -0.15) is 0 Å². The van der Waals surface area contributed by atoms with E-state index in [1.165, 1.54) is 34.1 Å². The summed E-state index contributed by atoms with van der Waals surface area (Å²) in [5.74, 6) is 3.67. The summed E-state index contributed by atoms with van der Waals surface area (Å²) in [6, 6.07) is 3.91. The van der Waals surface area contributed by atoms with E-state index in [-0.39, 0.29) is 40.4 Å². The molecule has 2 bridgehead atoms. The zero-order valence-corrected chi connectivity index (χ0v) is 20.7. The quantitative estimate of drug-likeness (QED) is 0.408. The van der Waals surface area contributed by atoms with Crippen LogP contribution in [0, 0.1) is 23.5 Å². The Morgan fingerprint density at radius 3 is 2.62 bits per heavy atom. The van der Waals surface area contributed by atoms with Crippen LogP contribution in [0.25, 0.3) is 11.4 Å². The van der Waals surface area contributed by atoms with Crippen molar-refractivity contribution in [3.63, 3.8) is 0 Å². The van der Waals surface area contributed by atoms with Crippen molar-refractivity contribution in [2.45, 2.75) is 50.4 Å². The number of carbonyl (C=O) groups is 1. The molecule has 1 aromatic carbocycles. The van der Waals surface area contributed by atoms with Gasteiger partial charge in [-0.3, -0.25) is 0 Å². The number of benzene rings is 1. The highest BCUT2D eigenvalue weighted by atomic mass is 19.1. The molecule has 4 heterocycles. The molecule has 1 aliphatic carbocycles. The largest absolute Gasteiger partial charge is 0.481 e. The highest BCUT2D eigenvalue weighted by Crippen LogP contribution is 2.54. The SMILES string of the molecule is COC(=O)c1nc2n(c1[C@H](O)c1cc(F)cnc1OC)C1CC(C1)c1cc(F)c(C#CC(C)(C)O)cc1-2. The fraction of sp³-hybridized carbons (Fsp3) is 0.370. The van der Waals surface area contributed by atoms with Crippen LogP contribution in [0.5, 0.6) is 5.88 Å². The standard InChI is InChI=1S/C27H25F2N3O5/c1-27(2,35)6-5-13-9-18-17(11-20(13)29)14-7-16(8-14)32-22(21(26(34)37-4)31-24(18)32)23(33)19-10-15(28)12-30-25(19)36-3/h9-12,14,16,23,33,35H,7-8H2,1-4H3/t14?,16?,23-/m1/s1. The molecule has 0 radical (unpaired) electrons. The van der Waals surface area contributed by atoms with Gasteiger partial charge in [0.1, 0.15) is 29.2 Å². The molecule has 37 heavy (non-hydrogen) atoms. The van der Waals surface area contributed by atoms with E-state index in [1.807, 2.05) is 0 Å². The molecule has 2 N–H and O–H groups in total. The van der Waals surface area contributed by atoms with Gasteiger partial charge in [-0.1, -0.05) is 11.8 Å². The highest BCUT2D eigenvalue weighted by molar-refractivity contribution is 5.90. The van der Waals surface area contributed by atoms with Crippen molar-refractivity contribution >= 4 is 5.97 Å².